The Balaban J connectivity index is 2.27. The van der Waals surface area contributed by atoms with Crippen molar-refractivity contribution in [1.82, 2.24) is 10.3 Å². The van der Waals surface area contributed by atoms with Crippen molar-refractivity contribution in [3.8, 4) is 5.75 Å². The predicted octanol–water partition coefficient (Wildman–Crippen LogP) is 2.14. The number of ether oxygens (including phenoxy) is 1. The maximum Gasteiger partial charge on any atom is 0.573 e. The van der Waals surface area contributed by atoms with Gasteiger partial charge in [0.1, 0.15) is 5.75 Å². The number of amides is 1. The first kappa shape index (κ1) is 23.4. The molecule has 0 aliphatic heterocycles. The topological polar surface area (TPSA) is 132 Å². The van der Waals surface area contributed by atoms with Crippen LogP contribution in [0.2, 0.25) is 0 Å². The largest absolute Gasteiger partial charge is 0.573 e. The summed E-state index contributed by atoms with van der Waals surface area (Å²) in [6.07, 6.45) is -3.98. The highest BCUT2D eigenvalue weighted by atomic mass is 32.2. The Morgan fingerprint density at radius 3 is 2.30 bits per heavy atom. The van der Waals surface area contributed by atoms with E-state index in [1.165, 1.54) is 0 Å². The first-order valence-corrected chi connectivity index (χ1v) is 10.1. The molecule has 0 aliphatic rings. The average molecular weight is 447 g/mol. The highest BCUT2D eigenvalue weighted by molar-refractivity contribution is 7.91. The number of benzene rings is 1. The number of aliphatic hydroxyl groups is 1. The maximum atomic E-state index is 12.7. The van der Waals surface area contributed by atoms with Crippen molar-refractivity contribution in [3.63, 3.8) is 0 Å². The van der Waals surface area contributed by atoms with Crippen LogP contribution in [0.5, 0.6) is 5.75 Å². The Hall–Kier alpha value is -2.86. The number of nitrogen functional groups attached to an aromatic ring is 1. The van der Waals surface area contributed by atoms with Crippen LogP contribution < -0.4 is 15.8 Å². The third kappa shape index (κ3) is 5.60. The number of pyridine rings is 1. The van der Waals surface area contributed by atoms with Gasteiger partial charge in [-0.05, 0) is 36.2 Å². The lowest BCUT2D eigenvalue weighted by molar-refractivity contribution is -0.274. The van der Waals surface area contributed by atoms with Gasteiger partial charge in [-0.15, -0.1) is 13.2 Å². The smallest absolute Gasteiger partial charge is 0.406 e. The van der Waals surface area contributed by atoms with E-state index >= 15 is 0 Å². The number of hydrogen-bond acceptors (Lipinski definition) is 7. The van der Waals surface area contributed by atoms with Gasteiger partial charge < -0.3 is 20.9 Å². The zero-order chi connectivity index (χ0) is 22.7. The van der Waals surface area contributed by atoms with Gasteiger partial charge in [0.15, 0.2) is 5.69 Å². The summed E-state index contributed by atoms with van der Waals surface area (Å²) in [6, 6.07) is 4.10. The number of carbonyl (C=O) groups excluding carboxylic acids is 1. The van der Waals surface area contributed by atoms with Crippen LogP contribution in [0.1, 0.15) is 24.3 Å². The molecule has 0 bridgehead atoms. The van der Waals surface area contributed by atoms with Crippen LogP contribution in [0.15, 0.2) is 46.3 Å². The summed E-state index contributed by atoms with van der Waals surface area (Å²) >= 11 is 0. The second-order valence-corrected chi connectivity index (χ2v) is 8.59. The molecule has 0 saturated carbocycles. The molecule has 1 aromatic heterocycles. The third-order valence-corrected chi connectivity index (χ3v) is 5.84. The summed E-state index contributed by atoms with van der Waals surface area (Å²) in [7, 11) is -4.16. The Labute approximate surface area is 170 Å². The lowest BCUT2D eigenvalue weighted by atomic mass is 10.1. The molecule has 0 fully saturated rings. The number of nitrogens with one attached hydrogen (secondary N) is 1. The van der Waals surface area contributed by atoms with Crippen molar-refractivity contribution in [3.05, 3.63) is 42.2 Å². The standard InChI is InChI=1S/C18H20F3N3O5S/c1-10(2)15(9-25)24-17(26)16-14(22)7-13(8-23-16)30(27,28)12-5-3-11(4-6-12)29-18(19,20)21/h3-8,10,15,25H,9,22H2,1-2H3,(H,24,26). The molecule has 0 spiro atoms. The number of sulfone groups is 1. The fourth-order valence-electron chi connectivity index (χ4n) is 2.41. The number of alkyl halides is 3. The molecule has 1 atom stereocenters. The summed E-state index contributed by atoms with van der Waals surface area (Å²) in [5.41, 5.74) is 5.35. The molecule has 30 heavy (non-hydrogen) atoms. The van der Waals surface area contributed by atoms with Gasteiger partial charge in [0.2, 0.25) is 9.84 Å². The van der Waals surface area contributed by atoms with E-state index in [4.69, 9.17) is 5.73 Å². The minimum Gasteiger partial charge on any atom is -0.406 e. The van der Waals surface area contributed by atoms with Crippen LogP contribution in [0.4, 0.5) is 18.9 Å². The number of anilines is 1. The molecule has 0 aliphatic carbocycles. The van der Waals surface area contributed by atoms with Gasteiger partial charge in [-0.25, -0.2) is 13.4 Å². The lowest BCUT2D eigenvalue weighted by Crippen LogP contribution is -2.41. The van der Waals surface area contributed by atoms with E-state index in [0.717, 1.165) is 36.5 Å². The molecule has 4 N–H and O–H groups in total. The number of nitrogens with two attached hydrogens (primary N) is 1. The molecule has 1 unspecified atom stereocenters. The molecule has 2 aromatic rings. The van der Waals surface area contributed by atoms with Gasteiger partial charge in [-0.2, -0.15) is 0 Å². The zero-order valence-electron chi connectivity index (χ0n) is 16.0. The Kier molecular flexibility index (Phi) is 6.93. The highest BCUT2D eigenvalue weighted by Gasteiger charge is 2.31. The molecule has 8 nitrogen and oxygen atoms in total. The summed E-state index contributed by atoms with van der Waals surface area (Å²) in [5.74, 6) is -1.32. The van der Waals surface area contributed by atoms with Gasteiger partial charge in [0, 0.05) is 6.20 Å². The van der Waals surface area contributed by atoms with E-state index in [9.17, 15) is 31.5 Å². The number of carbonyl (C=O) groups is 1. The van der Waals surface area contributed by atoms with Crippen molar-refractivity contribution < 1.29 is 36.2 Å². The van der Waals surface area contributed by atoms with Gasteiger partial charge in [-0.3, -0.25) is 4.79 Å². The van der Waals surface area contributed by atoms with E-state index in [-0.39, 0.29) is 33.7 Å². The monoisotopic (exact) mass is 447 g/mol. The second-order valence-electron chi connectivity index (χ2n) is 6.64. The SMILES string of the molecule is CC(C)C(CO)NC(=O)c1ncc(S(=O)(=O)c2ccc(OC(F)(F)F)cc2)cc1N. The minimum absolute atomic E-state index is 0.0656. The first-order valence-electron chi connectivity index (χ1n) is 8.63. The minimum atomic E-state index is -4.90. The summed E-state index contributed by atoms with van der Waals surface area (Å²) in [4.78, 5) is 15.5. The Bertz CT molecular complexity index is 1010. The normalized spacial score (nSPS) is 13.2. The number of nitrogens with zero attached hydrogens (tertiary/aromatic N) is 1. The molecular formula is C18H20F3N3O5S. The molecule has 1 amide bonds. The van der Waals surface area contributed by atoms with Crippen molar-refractivity contribution in [2.75, 3.05) is 12.3 Å². The van der Waals surface area contributed by atoms with Gasteiger partial charge in [0.05, 0.1) is 28.1 Å². The van der Waals surface area contributed by atoms with Crippen LogP contribution in [0, 0.1) is 5.92 Å². The van der Waals surface area contributed by atoms with E-state index in [1.807, 2.05) is 0 Å². The van der Waals surface area contributed by atoms with Gasteiger partial charge in [-0.1, -0.05) is 13.8 Å². The number of rotatable bonds is 7. The van der Waals surface area contributed by atoms with Crippen LogP contribution in [0.3, 0.4) is 0 Å². The van der Waals surface area contributed by atoms with Crippen LogP contribution in [-0.2, 0) is 9.84 Å². The van der Waals surface area contributed by atoms with Gasteiger partial charge >= 0.3 is 6.36 Å². The zero-order valence-corrected chi connectivity index (χ0v) is 16.8. The van der Waals surface area contributed by atoms with Gasteiger partial charge in [0.25, 0.3) is 5.91 Å². The highest BCUT2D eigenvalue weighted by Crippen LogP contribution is 2.27. The van der Waals surface area contributed by atoms with E-state index in [2.05, 4.69) is 15.0 Å². The second kappa shape index (κ2) is 8.88. The Morgan fingerprint density at radius 2 is 1.83 bits per heavy atom. The molecule has 164 valence electrons. The summed E-state index contributed by atoms with van der Waals surface area (Å²) in [5, 5.41) is 11.9. The first-order chi connectivity index (χ1) is 13.8. The molecule has 0 radical (unpaired) electrons. The number of hydrogen-bond donors (Lipinski definition) is 3. The van der Waals surface area contributed by atoms with Crippen molar-refractivity contribution in [2.24, 2.45) is 5.92 Å². The molecule has 2 rings (SSSR count). The number of aliphatic hydroxyl groups excluding tert-OH is 1. The summed E-state index contributed by atoms with van der Waals surface area (Å²) < 4.78 is 65.7. The van der Waals surface area contributed by atoms with Crippen molar-refractivity contribution in [2.45, 2.75) is 36.0 Å². The molecule has 1 heterocycles. The maximum absolute atomic E-state index is 12.7. The van der Waals surface area contributed by atoms with Crippen LogP contribution >= 0.6 is 0 Å². The fraction of sp³-hybridized carbons (Fsp3) is 0.333. The lowest BCUT2D eigenvalue weighted by Gasteiger charge is -2.20. The molecular weight excluding hydrogens is 427 g/mol. The third-order valence-electron chi connectivity index (χ3n) is 4.10. The van der Waals surface area contributed by atoms with E-state index < -0.39 is 33.9 Å². The van der Waals surface area contributed by atoms with Crippen LogP contribution in [0.25, 0.3) is 0 Å². The van der Waals surface area contributed by atoms with E-state index in [1.54, 1.807) is 13.8 Å². The average Bonchev–Trinajstić information content (AvgIpc) is 2.64. The Morgan fingerprint density at radius 1 is 1.23 bits per heavy atom. The molecule has 1 aromatic carbocycles. The fourth-order valence-corrected chi connectivity index (χ4v) is 3.65. The van der Waals surface area contributed by atoms with Crippen molar-refractivity contribution >= 4 is 21.4 Å². The van der Waals surface area contributed by atoms with Crippen LogP contribution in [-0.4, -0.2) is 43.4 Å². The molecule has 0 saturated heterocycles. The number of halogens is 3. The summed E-state index contributed by atoms with van der Waals surface area (Å²) in [6.45, 7) is 3.28. The molecule has 12 heteroatoms. The van der Waals surface area contributed by atoms with Crippen molar-refractivity contribution in [1.29, 1.82) is 0 Å². The predicted molar refractivity (Wildman–Crippen MR) is 100 cm³/mol. The number of aromatic nitrogens is 1. The quantitative estimate of drug-likeness (QED) is 0.593. The van der Waals surface area contributed by atoms with E-state index in [0.29, 0.717) is 0 Å².